The quantitative estimate of drug-likeness (QED) is 0.605. The Labute approximate surface area is 59.7 Å². The minimum Gasteiger partial charge on any atom is -0.480 e. The minimum atomic E-state index is -2.97. The summed E-state index contributed by atoms with van der Waals surface area (Å²) in [4.78, 5) is 19.0. The normalized spacial score (nSPS) is 19.5. The maximum absolute atomic E-state index is 10.5. The monoisotopic (exact) mass is 166 g/mol. The number of aliphatic carboxylic acids is 1. The van der Waals surface area contributed by atoms with Gasteiger partial charge in [0.1, 0.15) is 5.16 Å². The predicted molar refractivity (Wildman–Crippen MR) is 37.6 cm³/mol. The molecule has 0 radical (unpaired) electrons. The molecule has 0 rings (SSSR count). The Bertz CT molecular complexity index is 151. The lowest BCUT2D eigenvalue weighted by molar-refractivity contribution is -0.139. The highest BCUT2D eigenvalue weighted by Gasteiger charge is 2.36. The van der Waals surface area contributed by atoms with E-state index in [1.165, 1.54) is 6.92 Å². The van der Waals surface area contributed by atoms with Crippen molar-refractivity contribution in [2.75, 3.05) is 0 Å². The summed E-state index contributed by atoms with van der Waals surface area (Å²) in [6.07, 6.45) is 0.177. The summed E-state index contributed by atoms with van der Waals surface area (Å²) < 4.78 is 10.5. The first kappa shape index (κ1) is 9.66. The first-order valence-corrected chi connectivity index (χ1v) is 4.27. The van der Waals surface area contributed by atoms with Crippen molar-refractivity contribution in [3.8, 4) is 0 Å². The number of carboxylic acid groups (broad SMARTS) is 1. The predicted octanol–water partition coefficient (Wildman–Crippen LogP) is 0.707. The third-order valence-corrected chi connectivity index (χ3v) is 3.16. The molecule has 0 heterocycles. The molecule has 4 nitrogen and oxygen atoms in total. The smallest absolute Gasteiger partial charge is 0.318 e. The summed E-state index contributed by atoms with van der Waals surface area (Å²) >= 11 is 0. The Morgan fingerprint density at radius 2 is 2.10 bits per heavy atom. The van der Waals surface area contributed by atoms with Crippen molar-refractivity contribution in [3.63, 3.8) is 0 Å². The molecule has 5 heteroatoms. The highest BCUT2D eigenvalue weighted by molar-refractivity contribution is 7.41. The van der Waals surface area contributed by atoms with Gasteiger partial charge in [-0.15, -0.1) is 0 Å². The molecule has 0 spiro atoms. The van der Waals surface area contributed by atoms with Crippen LogP contribution in [-0.2, 0) is 9.36 Å². The molecule has 0 saturated heterocycles. The zero-order chi connectivity index (χ0) is 8.36. The molecule has 0 fully saturated rings. The van der Waals surface area contributed by atoms with Gasteiger partial charge in [0.15, 0.2) is 0 Å². The standard InChI is InChI=1S/C5H11O4P/c1-3-5(2,4(6)7)10(8)9/h10H,3H2,1-2H3,(H,6,7)(H,8,9). The van der Waals surface area contributed by atoms with Crippen LogP contribution in [0.1, 0.15) is 20.3 Å². The third kappa shape index (κ3) is 1.58. The molecule has 0 aliphatic rings. The molecule has 2 unspecified atom stereocenters. The summed E-state index contributed by atoms with van der Waals surface area (Å²) in [6, 6.07) is 0. The van der Waals surface area contributed by atoms with Crippen LogP contribution in [0.25, 0.3) is 0 Å². The Morgan fingerprint density at radius 1 is 1.70 bits per heavy atom. The molecule has 0 amide bonds. The van der Waals surface area contributed by atoms with Gasteiger partial charge in [-0.2, -0.15) is 0 Å². The van der Waals surface area contributed by atoms with Gasteiger partial charge in [-0.25, -0.2) is 0 Å². The average molecular weight is 166 g/mol. The van der Waals surface area contributed by atoms with Crippen LogP contribution in [0, 0.1) is 0 Å². The Hall–Kier alpha value is -0.340. The van der Waals surface area contributed by atoms with E-state index in [0.29, 0.717) is 0 Å². The van der Waals surface area contributed by atoms with Crippen LogP contribution in [-0.4, -0.2) is 21.1 Å². The Kier molecular flexibility index (Phi) is 3.06. The molecule has 10 heavy (non-hydrogen) atoms. The van der Waals surface area contributed by atoms with Crippen LogP contribution in [0.5, 0.6) is 0 Å². The fourth-order valence-corrected chi connectivity index (χ4v) is 0.879. The molecule has 0 aliphatic heterocycles. The van der Waals surface area contributed by atoms with Crippen molar-refractivity contribution in [2.45, 2.75) is 25.4 Å². The molecule has 0 bridgehead atoms. The summed E-state index contributed by atoms with van der Waals surface area (Å²) in [5.41, 5.74) is 0. The van der Waals surface area contributed by atoms with Gasteiger partial charge in [-0.3, -0.25) is 9.36 Å². The van der Waals surface area contributed by atoms with Gasteiger partial charge >= 0.3 is 5.97 Å². The van der Waals surface area contributed by atoms with Crippen molar-refractivity contribution in [2.24, 2.45) is 0 Å². The van der Waals surface area contributed by atoms with Crippen molar-refractivity contribution in [1.29, 1.82) is 0 Å². The lowest BCUT2D eigenvalue weighted by atomic mass is 10.1. The third-order valence-electron chi connectivity index (χ3n) is 1.65. The van der Waals surface area contributed by atoms with Crippen molar-refractivity contribution in [1.82, 2.24) is 0 Å². The van der Waals surface area contributed by atoms with Crippen LogP contribution >= 0.6 is 8.03 Å². The number of hydrogen-bond acceptors (Lipinski definition) is 2. The van der Waals surface area contributed by atoms with E-state index in [0.717, 1.165) is 0 Å². The second kappa shape index (κ2) is 3.17. The van der Waals surface area contributed by atoms with Crippen molar-refractivity contribution in [3.05, 3.63) is 0 Å². The zero-order valence-electron chi connectivity index (χ0n) is 5.92. The molecule has 0 saturated carbocycles. The van der Waals surface area contributed by atoms with E-state index in [9.17, 15) is 9.36 Å². The molecule has 60 valence electrons. The number of hydrogen-bond donors (Lipinski definition) is 2. The second-order valence-electron chi connectivity index (χ2n) is 2.30. The van der Waals surface area contributed by atoms with Crippen LogP contribution in [0.2, 0.25) is 0 Å². The first-order chi connectivity index (χ1) is 4.45. The molecule has 2 atom stereocenters. The highest BCUT2D eigenvalue weighted by atomic mass is 31.1. The SMILES string of the molecule is CCC(C)(C(=O)O)[PH](=O)O. The highest BCUT2D eigenvalue weighted by Crippen LogP contribution is 2.37. The number of rotatable bonds is 3. The summed E-state index contributed by atoms with van der Waals surface area (Å²) in [5.74, 6) is -1.21. The minimum absolute atomic E-state index is 0.177. The van der Waals surface area contributed by atoms with E-state index in [2.05, 4.69) is 0 Å². The zero-order valence-corrected chi connectivity index (χ0v) is 6.92. The lowest BCUT2D eigenvalue weighted by Crippen LogP contribution is -2.29. The molecule has 0 aromatic rings. The Balaban J connectivity index is 4.55. The lowest BCUT2D eigenvalue weighted by Gasteiger charge is -2.17. The number of carbonyl (C=O) groups is 1. The molecule has 0 aromatic carbocycles. The van der Waals surface area contributed by atoms with Gasteiger partial charge in [0.25, 0.3) is 0 Å². The van der Waals surface area contributed by atoms with Crippen LogP contribution in [0.3, 0.4) is 0 Å². The van der Waals surface area contributed by atoms with E-state index < -0.39 is 19.2 Å². The van der Waals surface area contributed by atoms with E-state index >= 15 is 0 Å². The van der Waals surface area contributed by atoms with Gasteiger partial charge < -0.3 is 10.00 Å². The summed E-state index contributed by atoms with van der Waals surface area (Å²) in [7, 11) is -2.97. The van der Waals surface area contributed by atoms with E-state index in [1.807, 2.05) is 0 Å². The molecule has 0 aromatic heterocycles. The first-order valence-electron chi connectivity index (χ1n) is 2.92. The van der Waals surface area contributed by atoms with Crippen LogP contribution < -0.4 is 0 Å². The van der Waals surface area contributed by atoms with Gasteiger partial charge in [-0.05, 0) is 13.3 Å². The van der Waals surface area contributed by atoms with Crippen molar-refractivity contribution >= 4 is 14.0 Å². The van der Waals surface area contributed by atoms with E-state index in [1.54, 1.807) is 6.92 Å². The summed E-state index contributed by atoms with van der Waals surface area (Å²) in [5, 5.41) is 7.03. The maximum Gasteiger partial charge on any atom is 0.318 e. The van der Waals surface area contributed by atoms with Crippen LogP contribution in [0.15, 0.2) is 0 Å². The van der Waals surface area contributed by atoms with Crippen molar-refractivity contribution < 1.29 is 19.4 Å². The molecular formula is C5H11O4P. The van der Waals surface area contributed by atoms with E-state index in [-0.39, 0.29) is 6.42 Å². The Morgan fingerprint density at radius 3 is 2.10 bits per heavy atom. The van der Waals surface area contributed by atoms with Gasteiger partial charge in [0, 0.05) is 0 Å². The largest absolute Gasteiger partial charge is 0.480 e. The second-order valence-corrected chi connectivity index (χ2v) is 4.01. The van der Waals surface area contributed by atoms with Gasteiger partial charge in [0.05, 0.1) is 0 Å². The van der Waals surface area contributed by atoms with E-state index in [4.69, 9.17) is 10.00 Å². The topological polar surface area (TPSA) is 74.6 Å². The molecular weight excluding hydrogens is 155 g/mol. The molecule has 0 aliphatic carbocycles. The average Bonchev–Trinajstić information content (AvgIpc) is 1.85. The van der Waals surface area contributed by atoms with Gasteiger partial charge in [0.2, 0.25) is 8.03 Å². The van der Waals surface area contributed by atoms with Gasteiger partial charge in [-0.1, -0.05) is 6.92 Å². The summed E-state index contributed by atoms with van der Waals surface area (Å²) in [6.45, 7) is 2.85. The fourth-order valence-electron chi connectivity index (χ4n) is 0.394. The fraction of sp³-hybridized carbons (Fsp3) is 0.800. The van der Waals surface area contributed by atoms with Crippen LogP contribution in [0.4, 0.5) is 0 Å². The number of carboxylic acids is 1. The molecule has 2 N–H and O–H groups in total. The maximum atomic E-state index is 10.5.